The summed E-state index contributed by atoms with van der Waals surface area (Å²) >= 11 is 5.96. The summed E-state index contributed by atoms with van der Waals surface area (Å²) in [5.41, 5.74) is 1.40. The van der Waals surface area contributed by atoms with Gasteiger partial charge in [0.25, 0.3) is 11.8 Å². The molecule has 7 heteroatoms. The topological polar surface area (TPSA) is 67.9 Å². The van der Waals surface area contributed by atoms with Gasteiger partial charge in [-0.05, 0) is 54.0 Å². The van der Waals surface area contributed by atoms with Gasteiger partial charge in [0, 0.05) is 23.7 Å². The van der Waals surface area contributed by atoms with Crippen LogP contribution in [0.4, 0.5) is 0 Å². The lowest BCUT2D eigenvalue weighted by Gasteiger charge is -2.27. The first-order valence-corrected chi connectivity index (χ1v) is 10.7. The molecular weight excluding hydrogens is 416 g/mol. The molecule has 1 aliphatic heterocycles. The molecule has 0 saturated carbocycles. The summed E-state index contributed by atoms with van der Waals surface area (Å²) in [7, 11) is 0. The fourth-order valence-corrected chi connectivity index (χ4v) is 3.10. The Labute approximate surface area is 187 Å². The Morgan fingerprint density at radius 1 is 1.10 bits per heavy atom. The van der Waals surface area contributed by atoms with Crippen LogP contribution in [0.1, 0.15) is 29.8 Å². The van der Waals surface area contributed by atoms with Crippen LogP contribution in [0.3, 0.4) is 0 Å². The molecule has 1 N–H and O–H groups in total. The van der Waals surface area contributed by atoms with Crippen molar-refractivity contribution >= 4 is 29.5 Å². The Balaban J connectivity index is 1.77. The van der Waals surface area contributed by atoms with Crippen molar-refractivity contribution in [1.29, 1.82) is 0 Å². The van der Waals surface area contributed by atoms with E-state index in [2.05, 4.69) is 19.2 Å². The van der Waals surface area contributed by atoms with Gasteiger partial charge in [0.1, 0.15) is 11.4 Å². The van der Waals surface area contributed by atoms with E-state index in [-0.39, 0.29) is 17.5 Å². The number of hydrogen-bond donors (Lipinski definition) is 1. The van der Waals surface area contributed by atoms with Gasteiger partial charge in [-0.15, -0.1) is 0 Å². The molecule has 6 nitrogen and oxygen atoms in total. The molecule has 0 spiro atoms. The SMILES string of the molecule is CC(C)COc1ccc(C(=O)N/C(=C\c2ccc(Cl)cc2)C(=O)N2CCOCC2)cc1. The quantitative estimate of drug-likeness (QED) is 0.658. The third-order valence-electron chi connectivity index (χ3n) is 4.66. The number of rotatable bonds is 7. The smallest absolute Gasteiger partial charge is 0.270 e. The van der Waals surface area contributed by atoms with E-state index in [1.807, 2.05) is 0 Å². The summed E-state index contributed by atoms with van der Waals surface area (Å²) in [5.74, 6) is 0.502. The second kappa shape index (κ2) is 11.0. The highest BCUT2D eigenvalue weighted by Crippen LogP contribution is 2.16. The maximum absolute atomic E-state index is 13.1. The number of halogens is 1. The molecule has 0 atom stereocenters. The number of amides is 2. The number of nitrogens with zero attached hydrogens (tertiary/aromatic N) is 1. The van der Waals surface area contributed by atoms with E-state index in [4.69, 9.17) is 21.1 Å². The van der Waals surface area contributed by atoms with Gasteiger partial charge in [-0.3, -0.25) is 9.59 Å². The highest BCUT2D eigenvalue weighted by Gasteiger charge is 2.22. The van der Waals surface area contributed by atoms with Crippen LogP contribution in [0, 0.1) is 5.92 Å². The minimum absolute atomic E-state index is 0.203. The molecule has 2 aromatic carbocycles. The summed E-state index contributed by atoms with van der Waals surface area (Å²) in [4.78, 5) is 27.6. The molecular formula is C24H27ClN2O4. The maximum Gasteiger partial charge on any atom is 0.270 e. The molecule has 2 aromatic rings. The standard InChI is InChI=1S/C24H27ClN2O4/c1-17(2)16-31-21-9-5-19(6-10-21)23(28)26-22(15-18-3-7-20(25)8-4-18)24(29)27-11-13-30-14-12-27/h3-10,15,17H,11-14,16H2,1-2H3,(H,26,28)/b22-15-. The Bertz CT molecular complexity index is 918. The molecule has 2 amide bonds. The molecule has 0 aliphatic carbocycles. The Morgan fingerprint density at radius 3 is 2.35 bits per heavy atom. The second-order valence-electron chi connectivity index (χ2n) is 7.70. The van der Waals surface area contributed by atoms with Crippen molar-refractivity contribution in [3.63, 3.8) is 0 Å². The molecule has 0 radical (unpaired) electrons. The van der Waals surface area contributed by atoms with E-state index in [9.17, 15) is 9.59 Å². The maximum atomic E-state index is 13.1. The van der Waals surface area contributed by atoms with Gasteiger partial charge in [0.15, 0.2) is 0 Å². The van der Waals surface area contributed by atoms with Gasteiger partial charge in [0.2, 0.25) is 0 Å². The highest BCUT2D eigenvalue weighted by atomic mass is 35.5. The number of benzene rings is 2. The van der Waals surface area contributed by atoms with Gasteiger partial charge in [-0.1, -0.05) is 37.6 Å². The summed E-state index contributed by atoms with van der Waals surface area (Å²) in [6.45, 7) is 6.66. The largest absolute Gasteiger partial charge is 0.493 e. The monoisotopic (exact) mass is 442 g/mol. The Hall–Kier alpha value is -2.83. The predicted octanol–water partition coefficient (Wildman–Crippen LogP) is 4.00. The van der Waals surface area contributed by atoms with Crippen LogP contribution < -0.4 is 10.1 Å². The van der Waals surface area contributed by atoms with Crippen molar-refractivity contribution in [2.75, 3.05) is 32.9 Å². The first kappa shape index (κ1) is 22.8. The van der Waals surface area contributed by atoms with Crippen molar-refractivity contribution in [2.45, 2.75) is 13.8 Å². The minimum atomic E-state index is -0.364. The van der Waals surface area contributed by atoms with Crippen LogP contribution in [-0.4, -0.2) is 49.6 Å². The van der Waals surface area contributed by atoms with Crippen LogP contribution in [-0.2, 0) is 9.53 Å². The molecule has 1 fully saturated rings. The molecule has 1 heterocycles. The second-order valence-corrected chi connectivity index (χ2v) is 8.13. The van der Waals surface area contributed by atoms with E-state index < -0.39 is 0 Å². The zero-order valence-corrected chi connectivity index (χ0v) is 18.5. The zero-order valence-electron chi connectivity index (χ0n) is 17.8. The molecule has 1 saturated heterocycles. The van der Waals surface area contributed by atoms with E-state index in [0.717, 1.165) is 5.56 Å². The third-order valence-corrected chi connectivity index (χ3v) is 4.91. The fraction of sp³-hybridized carbons (Fsp3) is 0.333. The molecule has 0 aromatic heterocycles. The number of carbonyl (C=O) groups excluding carboxylic acids is 2. The normalized spacial score (nSPS) is 14.5. The summed E-state index contributed by atoms with van der Waals surface area (Å²) in [6.07, 6.45) is 1.66. The van der Waals surface area contributed by atoms with Gasteiger partial charge in [-0.25, -0.2) is 0 Å². The fourth-order valence-electron chi connectivity index (χ4n) is 2.97. The lowest BCUT2D eigenvalue weighted by Crippen LogP contribution is -2.44. The van der Waals surface area contributed by atoms with Gasteiger partial charge in [0.05, 0.1) is 19.8 Å². The average Bonchev–Trinajstić information content (AvgIpc) is 2.79. The Kier molecular flexibility index (Phi) is 8.09. The zero-order chi connectivity index (χ0) is 22.2. The number of ether oxygens (including phenoxy) is 2. The molecule has 164 valence electrons. The molecule has 0 bridgehead atoms. The summed E-state index contributed by atoms with van der Waals surface area (Å²) in [6, 6.07) is 13.9. The van der Waals surface area contributed by atoms with Crippen LogP contribution in [0.15, 0.2) is 54.2 Å². The number of morpholine rings is 1. The number of nitrogens with one attached hydrogen (secondary N) is 1. The van der Waals surface area contributed by atoms with Crippen molar-refractivity contribution in [3.8, 4) is 5.75 Å². The van der Waals surface area contributed by atoms with Crippen LogP contribution >= 0.6 is 11.6 Å². The van der Waals surface area contributed by atoms with E-state index in [1.54, 1.807) is 59.5 Å². The third kappa shape index (κ3) is 6.84. The summed E-state index contributed by atoms with van der Waals surface area (Å²) in [5, 5.41) is 3.38. The van der Waals surface area contributed by atoms with Crippen LogP contribution in [0.25, 0.3) is 6.08 Å². The number of carbonyl (C=O) groups is 2. The minimum Gasteiger partial charge on any atom is -0.493 e. The number of hydrogen-bond acceptors (Lipinski definition) is 4. The first-order valence-electron chi connectivity index (χ1n) is 10.3. The molecule has 0 unspecified atom stereocenters. The van der Waals surface area contributed by atoms with Crippen molar-refractivity contribution in [2.24, 2.45) is 5.92 Å². The first-order chi connectivity index (χ1) is 14.9. The van der Waals surface area contributed by atoms with E-state index in [0.29, 0.717) is 55.2 Å². The predicted molar refractivity (Wildman–Crippen MR) is 121 cm³/mol. The Morgan fingerprint density at radius 2 is 1.74 bits per heavy atom. The summed E-state index contributed by atoms with van der Waals surface area (Å²) < 4.78 is 11.0. The van der Waals surface area contributed by atoms with Gasteiger partial charge >= 0.3 is 0 Å². The molecule has 3 rings (SSSR count). The van der Waals surface area contributed by atoms with Crippen LogP contribution in [0.5, 0.6) is 5.75 Å². The van der Waals surface area contributed by atoms with Crippen molar-refractivity contribution in [1.82, 2.24) is 10.2 Å². The van der Waals surface area contributed by atoms with Crippen molar-refractivity contribution in [3.05, 3.63) is 70.4 Å². The van der Waals surface area contributed by atoms with Gasteiger partial charge in [-0.2, -0.15) is 0 Å². The molecule has 1 aliphatic rings. The lowest BCUT2D eigenvalue weighted by molar-refractivity contribution is -0.131. The highest BCUT2D eigenvalue weighted by molar-refractivity contribution is 6.30. The van der Waals surface area contributed by atoms with Gasteiger partial charge < -0.3 is 19.7 Å². The van der Waals surface area contributed by atoms with Crippen LogP contribution in [0.2, 0.25) is 5.02 Å². The molecule has 31 heavy (non-hydrogen) atoms. The van der Waals surface area contributed by atoms with Crippen molar-refractivity contribution < 1.29 is 19.1 Å². The lowest BCUT2D eigenvalue weighted by atomic mass is 10.1. The van der Waals surface area contributed by atoms with E-state index >= 15 is 0 Å². The average molecular weight is 443 g/mol. The van der Waals surface area contributed by atoms with E-state index in [1.165, 1.54) is 0 Å².